The number of nitrogens with one attached hydrogen (secondary N) is 1. The molecule has 0 aliphatic heterocycles. The highest BCUT2D eigenvalue weighted by molar-refractivity contribution is 5.30. The number of hydrogen-bond acceptors (Lipinski definition) is 6. The standard InChI is InChI=1S/C12H13FN4O2/c1-3-18-11-15-10(14-2)16-12(17-11)19-9-6-4-5-8(13)7-9/h4-7H,3H2,1-2H3,(H,14,15,16,17). The molecule has 0 saturated carbocycles. The third-order valence-electron chi connectivity index (χ3n) is 2.10. The fourth-order valence-corrected chi connectivity index (χ4v) is 1.33. The maximum absolute atomic E-state index is 13.0. The van der Waals surface area contributed by atoms with Crippen LogP contribution in [0.1, 0.15) is 6.92 Å². The number of anilines is 1. The lowest BCUT2D eigenvalue weighted by atomic mass is 10.3. The van der Waals surface area contributed by atoms with Gasteiger partial charge in [0.25, 0.3) is 0 Å². The van der Waals surface area contributed by atoms with E-state index in [1.807, 2.05) is 6.92 Å². The monoisotopic (exact) mass is 264 g/mol. The molecule has 0 unspecified atom stereocenters. The van der Waals surface area contributed by atoms with E-state index in [9.17, 15) is 4.39 Å². The summed E-state index contributed by atoms with van der Waals surface area (Å²) in [5.74, 6) is 0.214. The molecule has 1 aromatic heterocycles. The minimum atomic E-state index is -0.398. The zero-order valence-corrected chi connectivity index (χ0v) is 10.6. The number of nitrogens with zero attached hydrogens (tertiary/aromatic N) is 3. The second kappa shape index (κ2) is 5.94. The first-order chi connectivity index (χ1) is 9.21. The third-order valence-corrected chi connectivity index (χ3v) is 2.10. The molecule has 1 heterocycles. The van der Waals surface area contributed by atoms with Crippen LogP contribution in [0.25, 0.3) is 0 Å². The molecular formula is C12H13FN4O2. The Hall–Kier alpha value is -2.44. The van der Waals surface area contributed by atoms with E-state index >= 15 is 0 Å². The smallest absolute Gasteiger partial charge is 0.330 e. The topological polar surface area (TPSA) is 69.2 Å². The molecule has 2 aromatic rings. The van der Waals surface area contributed by atoms with Crippen molar-refractivity contribution in [3.05, 3.63) is 30.1 Å². The van der Waals surface area contributed by atoms with Gasteiger partial charge in [0, 0.05) is 13.1 Å². The summed E-state index contributed by atoms with van der Waals surface area (Å²) in [4.78, 5) is 12.0. The molecule has 0 aliphatic rings. The molecule has 2 rings (SSSR count). The van der Waals surface area contributed by atoms with Crippen molar-refractivity contribution < 1.29 is 13.9 Å². The van der Waals surface area contributed by atoms with E-state index in [0.717, 1.165) is 0 Å². The van der Waals surface area contributed by atoms with Crippen molar-refractivity contribution in [2.24, 2.45) is 0 Å². The van der Waals surface area contributed by atoms with Crippen molar-refractivity contribution in [3.8, 4) is 17.8 Å². The highest BCUT2D eigenvalue weighted by atomic mass is 19.1. The predicted molar refractivity (Wildman–Crippen MR) is 67.0 cm³/mol. The summed E-state index contributed by atoms with van der Waals surface area (Å²) in [7, 11) is 1.66. The largest absolute Gasteiger partial charge is 0.464 e. The summed E-state index contributed by atoms with van der Waals surface area (Å²) in [6, 6.07) is 5.89. The van der Waals surface area contributed by atoms with Crippen LogP contribution in [0, 0.1) is 5.82 Å². The fourth-order valence-electron chi connectivity index (χ4n) is 1.33. The van der Waals surface area contributed by atoms with E-state index < -0.39 is 5.82 Å². The molecule has 0 radical (unpaired) electrons. The first-order valence-corrected chi connectivity index (χ1v) is 5.71. The first kappa shape index (κ1) is 13.0. The van der Waals surface area contributed by atoms with E-state index in [2.05, 4.69) is 20.3 Å². The van der Waals surface area contributed by atoms with Gasteiger partial charge in [0.15, 0.2) is 0 Å². The summed E-state index contributed by atoms with van der Waals surface area (Å²) >= 11 is 0. The Morgan fingerprint density at radius 1 is 1.21 bits per heavy atom. The van der Waals surface area contributed by atoms with Crippen LogP contribution in [0.5, 0.6) is 17.8 Å². The van der Waals surface area contributed by atoms with Gasteiger partial charge in [0.1, 0.15) is 11.6 Å². The molecule has 0 bridgehead atoms. The van der Waals surface area contributed by atoms with E-state index in [0.29, 0.717) is 18.3 Å². The minimum absolute atomic E-state index is 0.0356. The molecule has 6 nitrogen and oxygen atoms in total. The molecule has 19 heavy (non-hydrogen) atoms. The molecule has 0 atom stereocenters. The van der Waals surface area contributed by atoms with E-state index in [1.54, 1.807) is 13.1 Å². The lowest BCUT2D eigenvalue weighted by Crippen LogP contribution is -2.05. The normalized spacial score (nSPS) is 10.1. The number of ether oxygens (including phenoxy) is 2. The van der Waals surface area contributed by atoms with Crippen LogP contribution in [0.3, 0.4) is 0 Å². The highest BCUT2D eigenvalue weighted by Crippen LogP contribution is 2.21. The molecule has 0 spiro atoms. The van der Waals surface area contributed by atoms with Crippen molar-refractivity contribution in [3.63, 3.8) is 0 Å². The number of aromatic nitrogens is 3. The van der Waals surface area contributed by atoms with Crippen molar-refractivity contribution in [1.29, 1.82) is 0 Å². The van der Waals surface area contributed by atoms with Crippen LogP contribution < -0.4 is 14.8 Å². The quantitative estimate of drug-likeness (QED) is 0.893. The Balaban J connectivity index is 2.26. The van der Waals surface area contributed by atoms with E-state index in [-0.39, 0.29) is 12.0 Å². The van der Waals surface area contributed by atoms with Crippen LogP contribution in [-0.2, 0) is 0 Å². The Morgan fingerprint density at radius 2 is 2.00 bits per heavy atom. The first-order valence-electron chi connectivity index (χ1n) is 5.71. The van der Waals surface area contributed by atoms with Gasteiger partial charge in [0.2, 0.25) is 5.95 Å². The number of benzene rings is 1. The molecule has 1 aromatic carbocycles. The molecule has 0 amide bonds. The van der Waals surface area contributed by atoms with Gasteiger partial charge in [-0.25, -0.2) is 4.39 Å². The lowest BCUT2D eigenvalue weighted by molar-refractivity contribution is 0.304. The Bertz CT molecular complexity index is 565. The van der Waals surface area contributed by atoms with Crippen molar-refractivity contribution >= 4 is 5.95 Å². The average molecular weight is 264 g/mol. The van der Waals surface area contributed by atoms with Crippen LogP contribution in [0.15, 0.2) is 24.3 Å². The summed E-state index contributed by atoms with van der Waals surface area (Å²) in [5, 5.41) is 2.77. The molecule has 1 N–H and O–H groups in total. The highest BCUT2D eigenvalue weighted by Gasteiger charge is 2.08. The van der Waals surface area contributed by atoms with Gasteiger partial charge in [-0.3, -0.25) is 0 Å². The van der Waals surface area contributed by atoms with Gasteiger partial charge >= 0.3 is 12.0 Å². The Labute approximate surface area is 109 Å². The van der Waals surface area contributed by atoms with Gasteiger partial charge in [-0.05, 0) is 19.1 Å². The molecular weight excluding hydrogens is 251 g/mol. The number of rotatable bonds is 5. The van der Waals surface area contributed by atoms with Crippen LogP contribution in [0.2, 0.25) is 0 Å². The summed E-state index contributed by atoms with van der Waals surface area (Å²) in [6.07, 6.45) is 0. The van der Waals surface area contributed by atoms with Crippen molar-refractivity contribution in [2.45, 2.75) is 6.92 Å². The van der Waals surface area contributed by atoms with E-state index in [1.165, 1.54) is 18.2 Å². The van der Waals surface area contributed by atoms with Gasteiger partial charge in [0.05, 0.1) is 6.61 Å². The zero-order chi connectivity index (χ0) is 13.7. The SMILES string of the molecule is CCOc1nc(NC)nc(Oc2cccc(F)c2)n1. The second-order valence-corrected chi connectivity index (χ2v) is 3.47. The maximum atomic E-state index is 13.0. The third kappa shape index (κ3) is 3.51. The molecule has 0 fully saturated rings. The van der Waals surface area contributed by atoms with E-state index in [4.69, 9.17) is 9.47 Å². The summed E-state index contributed by atoms with van der Waals surface area (Å²) in [5.41, 5.74) is 0. The minimum Gasteiger partial charge on any atom is -0.464 e. The maximum Gasteiger partial charge on any atom is 0.330 e. The van der Waals surface area contributed by atoms with Gasteiger partial charge < -0.3 is 14.8 Å². The predicted octanol–water partition coefficient (Wildman–Crippen LogP) is 2.24. The zero-order valence-electron chi connectivity index (χ0n) is 10.6. The van der Waals surface area contributed by atoms with Gasteiger partial charge in [-0.1, -0.05) is 6.07 Å². The lowest BCUT2D eigenvalue weighted by Gasteiger charge is -2.07. The van der Waals surface area contributed by atoms with Crippen molar-refractivity contribution in [1.82, 2.24) is 15.0 Å². The Morgan fingerprint density at radius 3 is 2.68 bits per heavy atom. The van der Waals surface area contributed by atoms with Gasteiger partial charge in [-0.2, -0.15) is 9.97 Å². The average Bonchev–Trinajstić information content (AvgIpc) is 2.39. The number of hydrogen-bond donors (Lipinski definition) is 1. The second-order valence-electron chi connectivity index (χ2n) is 3.47. The fraction of sp³-hybridized carbons (Fsp3) is 0.250. The molecule has 7 heteroatoms. The van der Waals surface area contributed by atoms with Crippen LogP contribution >= 0.6 is 0 Å². The van der Waals surface area contributed by atoms with Crippen LogP contribution in [-0.4, -0.2) is 28.6 Å². The molecule has 0 aliphatic carbocycles. The molecule has 100 valence electrons. The van der Waals surface area contributed by atoms with Gasteiger partial charge in [-0.15, -0.1) is 4.98 Å². The van der Waals surface area contributed by atoms with Crippen LogP contribution in [0.4, 0.5) is 10.3 Å². The Kier molecular flexibility index (Phi) is 4.07. The van der Waals surface area contributed by atoms with Crippen molar-refractivity contribution in [2.75, 3.05) is 19.0 Å². The summed E-state index contributed by atoms with van der Waals surface area (Å²) in [6.45, 7) is 2.24. The number of halogens is 1. The molecule has 0 saturated heterocycles. The summed E-state index contributed by atoms with van der Waals surface area (Å²) < 4.78 is 23.6.